The second-order valence-corrected chi connectivity index (χ2v) is 22.2. The van der Waals surface area contributed by atoms with Gasteiger partial charge in [-0.05, 0) is 118 Å². The fourth-order valence-corrected chi connectivity index (χ4v) is 10.4. The Morgan fingerprint density at radius 3 is 1.09 bits per heavy atom. The monoisotopic (exact) mass is 1000 g/mol. The molecule has 0 radical (unpaired) electrons. The molecular weight excluding hydrogens is 921 g/mol. The lowest BCUT2D eigenvalue weighted by Crippen LogP contribution is -2.46. The van der Waals surface area contributed by atoms with Crippen molar-refractivity contribution in [1.29, 1.82) is 0 Å². The Hall–Kier alpha value is -4.91. The lowest BCUT2D eigenvalue weighted by atomic mass is 9.86. The van der Waals surface area contributed by atoms with Gasteiger partial charge in [-0.1, -0.05) is 103 Å². The van der Waals surface area contributed by atoms with Crippen LogP contribution in [0.25, 0.3) is 0 Å². The third kappa shape index (κ3) is 22.5. The average Bonchev–Trinajstić information content (AvgIpc) is 3.33. The van der Waals surface area contributed by atoms with E-state index in [0.717, 1.165) is 17.5 Å². The lowest BCUT2D eigenvalue weighted by Gasteiger charge is -2.28. The number of carbonyl (C=O) groups excluding carboxylic acids is 4. The van der Waals surface area contributed by atoms with Gasteiger partial charge >= 0.3 is 18.3 Å². The predicted molar refractivity (Wildman–Crippen MR) is 283 cm³/mol. The highest BCUT2D eigenvalue weighted by Gasteiger charge is 2.39. The van der Waals surface area contributed by atoms with Crippen LogP contribution in [0.5, 0.6) is 11.5 Å². The van der Waals surface area contributed by atoms with Gasteiger partial charge in [-0.25, -0.2) is 0 Å². The number of hydrogen-bond acceptors (Lipinski definition) is 12. The quantitative estimate of drug-likeness (QED) is 0.0176. The molecule has 4 rings (SSSR count). The SMILES string of the molecule is C=CCOc1ccc(C(=O)CC(=O)c2ccc(C(C)(C)C)cc2)cc1.CCO[SiH](OCC)OCC.CCO[Si](CCCOc1ccc(C(=O)CC(=O)c2ccc(C(C)(C)C)cc2)cc1)(OCC)OCC. The minimum absolute atomic E-state index is 0.0160. The van der Waals surface area contributed by atoms with Crippen LogP contribution < -0.4 is 9.47 Å². The summed E-state index contributed by atoms with van der Waals surface area (Å²) in [5, 5.41) is 0. The van der Waals surface area contributed by atoms with Crippen molar-refractivity contribution in [2.24, 2.45) is 0 Å². The van der Waals surface area contributed by atoms with Crippen LogP contribution in [0.1, 0.15) is 155 Å². The molecule has 0 heterocycles. The zero-order valence-corrected chi connectivity index (χ0v) is 46.1. The highest BCUT2D eigenvalue weighted by Crippen LogP contribution is 2.25. The molecule has 4 aromatic rings. The Balaban J connectivity index is 0.000000416. The summed E-state index contributed by atoms with van der Waals surface area (Å²) in [6, 6.07) is 29.4. The maximum atomic E-state index is 12.6. The summed E-state index contributed by atoms with van der Waals surface area (Å²) in [7, 11) is -4.40. The highest BCUT2D eigenvalue weighted by molar-refractivity contribution is 6.60. The molecule has 70 heavy (non-hydrogen) atoms. The molecule has 0 atom stereocenters. The molecule has 14 heteroatoms. The normalized spacial score (nSPS) is 11.4. The van der Waals surface area contributed by atoms with Gasteiger partial charge in [-0.3, -0.25) is 19.2 Å². The molecule has 12 nitrogen and oxygen atoms in total. The Bertz CT molecular complexity index is 2110. The first-order valence-electron chi connectivity index (χ1n) is 24.5. The van der Waals surface area contributed by atoms with Crippen LogP contribution in [0.3, 0.4) is 0 Å². The molecular formula is C56H80O12Si2. The Kier molecular flexibility index (Phi) is 28.1. The van der Waals surface area contributed by atoms with Crippen LogP contribution >= 0.6 is 0 Å². The molecule has 0 saturated carbocycles. The van der Waals surface area contributed by atoms with Gasteiger partial charge in [0.25, 0.3) is 0 Å². The largest absolute Gasteiger partial charge is 0.501 e. The van der Waals surface area contributed by atoms with Gasteiger partial charge < -0.3 is 36.0 Å². The summed E-state index contributed by atoms with van der Waals surface area (Å²) in [5.74, 6) is 0.587. The lowest BCUT2D eigenvalue weighted by molar-refractivity contribution is 0.0695. The first kappa shape index (κ1) is 61.2. The molecule has 0 aliphatic heterocycles. The van der Waals surface area contributed by atoms with Crippen molar-refractivity contribution in [1.82, 2.24) is 0 Å². The van der Waals surface area contributed by atoms with E-state index in [1.54, 1.807) is 78.9 Å². The van der Waals surface area contributed by atoms with Crippen molar-refractivity contribution in [3.05, 3.63) is 143 Å². The minimum atomic E-state index is -2.67. The maximum absolute atomic E-state index is 12.6. The molecule has 4 aromatic carbocycles. The summed E-state index contributed by atoms with van der Waals surface area (Å²) >= 11 is 0. The number of Topliss-reactive ketones (excluding diaryl/α,β-unsaturated/α-hetero) is 4. The van der Waals surface area contributed by atoms with Gasteiger partial charge in [0.15, 0.2) is 23.1 Å². The Morgan fingerprint density at radius 1 is 0.486 bits per heavy atom. The molecule has 0 aromatic heterocycles. The van der Waals surface area contributed by atoms with Crippen molar-refractivity contribution in [2.75, 3.05) is 52.9 Å². The standard InChI is InChI=1S/C28H40O6Si.C22H24O3.C6H16O3Si/c1-7-32-35(33-8-2,34-9-3)20-10-19-31-25-17-13-23(14-18-25)27(30)21-26(29)22-11-15-24(16-12-22)28(4,5)6;1-5-14-25-19-12-8-17(9-13-19)21(24)15-20(23)16-6-10-18(11-7-16)22(2,3)4;1-4-7-10(8-5-2)9-6-3/h11-18H,7-10,19-21H2,1-6H3;5-13H,1,14-15H2,2-4H3;10H,4-6H2,1-3H3. The van der Waals surface area contributed by atoms with E-state index in [0.29, 0.717) is 92.7 Å². The van der Waals surface area contributed by atoms with Crippen molar-refractivity contribution in [3.63, 3.8) is 0 Å². The number of ether oxygens (including phenoxy) is 2. The molecule has 0 bridgehead atoms. The van der Waals surface area contributed by atoms with E-state index in [4.69, 9.17) is 36.0 Å². The molecule has 0 N–H and O–H groups in total. The predicted octanol–water partition coefficient (Wildman–Crippen LogP) is 12.1. The minimum Gasteiger partial charge on any atom is -0.494 e. The number of rotatable bonds is 28. The van der Waals surface area contributed by atoms with Crippen molar-refractivity contribution in [3.8, 4) is 11.5 Å². The second-order valence-electron chi connectivity index (χ2n) is 17.9. The van der Waals surface area contributed by atoms with E-state index in [-0.39, 0.29) is 46.8 Å². The molecule has 0 aliphatic rings. The van der Waals surface area contributed by atoms with E-state index < -0.39 is 18.3 Å². The van der Waals surface area contributed by atoms with Crippen LogP contribution in [0.2, 0.25) is 6.04 Å². The second kappa shape index (κ2) is 32.1. The van der Waals surface area contributed by atoms with E-state index in [2.05, 4.69) is 48.1 Å². The third-order valence-corrected chi connectivity index (χ3v) is 15.4. The number of carbonyl (C=O) groups is 4. The zero-order chi connectivity index (χ0) is 52.2. The van der Waals surface area contributed by atoms with E-state index in [9.17, 15) is 19.2 Å². The van der Waals surface area contributed by atoms with Gasteiger partial charge in [0.1, 0.15) is 18.1 Å². The summed E-state index contributed by atoms with van der Waals surface area (Å²) in [4.78, 5) is 49.8. The number of benzene rings is 4. The fourth-order valence-electron chi connectivity index (χ4n) is 6.67. The molecule has 384 valence electrons. The van der Waals surface area contributed by atoms with E-state index >= 15 is 0 Å². The first-order chi connectivity index (χ1) is 33.3. The van der Waals surface area contributed by atoms with E-state index in [1.807, 2.05) is 65.8 Å². The van der Waals surface area contributed by atoms with E-state index in [1.165, 1.54) is 0 Å². The highest BCUT2D eigenvalue weighted by atomic mass is 28.4. The van der Waals surface area contributed by atoms with Crippen LogP contribution in [-0.2, 0) is 37.4 Å². The van der Waals surface area contributed by atoms with Crippen molar-refractivity contribution in [2.45, 2.75) is 119 Å². The summed E-state index contributed by atoms with van der Waals surface area (Å²) < 4.78 is 44.5. The van der Waals surface area contributed by atoms with Crippen LogP contribution in [-0.4, -0.2) is 94.3 Å². The Labute approximate surface area is 421 Å². The van der Waals surface area contributed by atoms with Gasteiger partial charge in [0.05, 0.1) is 19.4 Å². The van der Waals surface area contributed by atoms with Crippen molar-refractivity contribution < 1.29 is 55.2 Å². The van der Waals surface area contributed by atoms with Crippen LogP contribution in [0, 0.1) is 0 Å². The van der Waals surface area contributed by atoms with Gasteiger partial charge in [-0.15, -0.1) is 0 Å². The molecule has 0 amide bonds. The van der Waals surface area contributed by atoms with Gasteiger partial charge in [0, 0.05) is 67.9 Å². The number of ketones is 4. The fraction of sp³-hybridized carbons (Fsp3) is 0.464. The summed E-state index contributed by atoms with van der Waals surface area (Å²) in [6.45, 7) is 32.5. The zero-order valence-electron chi connectivity index (χ0n) is 44.0. The molecule has 0 unspecified atom stereocenters. The first-order valence-corrected chi connectivity index (χ1v) is 27.8. The van der Waals surface area contributed by atoms with Crippen molar-refractivity contribution >= 4 is 41.5 Å². The maximum Gasteiger partial charge on any atom is 0.501 e. The summed E-state index contributed by atoms with van der Waals surface area (Å²) in [6.07, 6.45) is 2.09. The summed E-state index contributed by atoms with van der Waals surface area (Å²) in [5.41, 5.74) is 4.47. The molecule has 0 spiro atoms. The average molecular weight is 1000 g/mol. The smallest absolute Gasteiger partial charge is 0.494 e. The molecule has 0 saturated heterocycles. The Morgan fingerprint density at radius 2 is 0.800 bits per heavy atom. The van der Waals surface area contributed by atoms with Crippen LogP contribution in [0.15, 0.2) is 110 Å². The molecule has 0 fully saturated rings. The third-order valence-electron chi connectivity index (χ3n) is 10.4. The van der Waals surface area contributed by atoms with Crippen LogP contribution in [0.4, 0.5) is 0 Å². The molecule has 0 aliphatic carbocycles. The van der Waals surface area contributed by atoms with Gasteiger partial charge in [0.2, 0.25) is 0 Å². The topological polar surface area (TPSA) is 142 Å². The number of hydrogen-bond donors (Lipinski definition) is 0. The van der Waals surface area contributed by atoms with Gasteiger partial charge in [-0.2, -0.15) is 0 Å².